The lowest BCUT2D eigenvalue weighted by Gasteiger charge is -2.53. The molecule has 0 saturated carbocycles. The van der Waals surface area contributed by atoms with Crippen LogP contribution in [0.25, 0.3) is 0 Å². The minimum atomic E-state index is -2.47. The Labute approximate surface area is 375 Å². The van der Waals surface area contributed by atoms with Crippen molar-refractivity contribution < 1.29 is 82.3 Å². The topological polar surface area (TPSA) is 240 Å². The Morgan fingerprint density at radius 3 is 2.20 bits per heavy atom. The van der Waals surface area contributed by atoms with Crippen molar-refractivity contribution in [2.24, 2.45) is 10.8 Å². The van der Waals surface area contributed by atoms with Gasteiger partial charge in [-0.3, -0.25) is 9.59 Å². The normalized spacial score (nSPS) is 35.8. The van der Waals surface area contributed by atoms with Crippen molar-refractivity contribution in [1.29, 1.82) is 0 Å². The summed E-state index contributed by atoms with van der Waals surface area (Å²) in [4.78, 5) is 64.7. The number of methoxy groups -OCH3 is 2. The van der Waals surface area contributed by atoms with Gasteiger partial charge in [-0.2, -0.15) is 0 Å². The van der Waals surface area contributed by atoms with Crippen LogP contribution in [0.5, 0.6) is 0 Å². The number of allylic oxidation sites excluding steroid dienone is 3. The molecule has 0 aromatic carbocycles. The molecule has 0 aromatic rings. The van der Waals surface area contributed by atoms with E-state index in [2.05, 4.69) is 0 Å². The fourth-order valence-electron chi connectivity index (χ4n) is 8.57. The molecular formula is C47H68O17. The maximum absolute atomic E-state index is 13.4. The number of hydrogen-bond acceptors (Lipinski definition) is 17. The molecule has 3 fully saturated rings. The average Bonchev–Trinajstić information content (AvgIpc) is 3.19. The van der Waals surface area contributed by atoms with E-state index in [1.165, 1.54) is 33.1 Å². The Morgan fingerprint density at radius 1 is 0.875 bits per heavy atom. The molecule has 4 rings (SSSR count). The molecule has 6 bridgehead atoms. The van der Waals surface area contributed by atoms with E-state index in [4.69, 9.17) is 37.9 Å². The van der Waals surface area contributed by atoms with E-state index < -0.39 is 114 Å². The Hall–Kier alpha value is -4.23. The summed E-state index contributed by atoms with van der Waals surface area (Å²) < 4.78 is 46.7. The van der Waals surface area contributed by atoms with E-state index in [1.807, 2.05) is 13.0 Å². The SMILES string of the molecule is CCC/C=C/C=C/C(=O)O[C@H]1/C(=C/C(=O)OC)C[C@H]2C[C@H]([C@@H](C)O)OC(=O)C[C@H](O)C[C@@H]3C[C@H](OC(C)=O)C(C)(C)[C@](O)(C[C@@H]4C/C(=C/C(=O)OC)CC(/C=C/C(C)(C)[C@]1(O)O2)O4)O3. The van der Waals surface area contributed by atoms with Gasteiger partial charge in [0.25, 0.3) is 0 Å². The van der Waals surface area contributed by atoms with Crippen molar-refractivity contribution in [2.45, 2.75) is 179 Å². The van der Waals surface area contributed by atoms with Crippen LogP contribution < -0.4 is 0 Å². The molecule has 0 radical (unpaired) electrons. The highest BCUT2D eigenvalue weighted by molar-refractivity contribution is 5.85. The van der Waals surface area contributed by atoms with E-state index in [9.17, 15) is 44.4 Å². The predicted molar refractivity (Wildman–Crippen MR) is 228 cm³/mol. The van der Waals surface area contributed by atoms with E-state index in [0.717, 1.165) is 32.1 Å². The van der Waals surface area contributed by atoms with Gasteiger partial charge in [0.15, 0.2) is 11.9 Å². The molecule has 0 spiro atoms. The summed E-state index contributed by atoms with van der Waals surface area (Å²) in [6.07, 6.45) is 2.55. The zero-order valence-electron chi connectivity index (χ0n) is 38.5. The Kier molecular flexibility index (Phi) is 18.3. The van der Waals surface area contributed by atoms with Gasteiger partial charge >= 0.3 is 29.8 Å². The Morgan fingerprint density at radius 2 is 1.56 bits per heavy atom. The van der Waals surface area contributed by atoms with Crippen LogP contribution in [0.15, 0.2) is 59.8 Å². The second-order valence-corrected chi connectivity index (χ2v) is 18.3. The molecule has 0 aliphatic carbocycles. The van der Waals surface area contributed by atoms with Gasteiger partial charge < -0.3 is 58.3 Å². The highest BCUT2D eigenvalue weighted by Gasteiger charge is 2.59. The molecule has 11 atom stereocenters. The third kappa shape index (κ3) is 13.4. The van der Waals surface area contributed by atoms with Crippen molar-refractivity contribution in [1.82, 2.24) is 0 Å². The molecular weight excluding hydrogens is 836 g/mol. The van der Waals surface area contributed by atoms with Crippen molar-refractivity contribution in [2.75, 3.05) is 14.2 Å². The molecule has 0 aromatic heterocycles. The molecule has 4 aliphatic heterocycles. The molecule has 64 heavy (non-hydrogen) atoms. The summed E-state index contributed by atoms with van der Waals surface area (Å²) in [5, 5.41) is 47.5. The van der Waals surface area contributed by atoms with Crippen LogP contribution in [-0.2, 0) is 61.9 Å². The number of esters is 5. The zero-order valence-corrected chi connectivity index (χ0v) is 38.5. The maximum Gasteiger partial charge on any atom is 0.331 e. The molecule has 4 N–H and O–H groups in total. The summed E-state index contributed by atoms with van der Waals surface area (Å²) >= 11 is 0. The van der Waals surface area contributed by atoms with Gasteiger partial charge in [0, 0.05) is 56.3 Å². The van der Waals surface area contributed by atoms with Gasteiger partial charge in [0.1, 0.15) is 12.2 Å². The number of ether oxygens (including phenoxy) is 8. The van der Waals surface area contributed by atoms with Crippen LogP contribution in [0.1, 0.15) is 113 Å². The molecule has 3 saturated heterocycles. The summed E-state index contributed by atoms with van der Waals surface area (Å²) in [5.74, 6) is -8.31. The number of carbonyl (C=O) groups excluding carboxylic acids is 5. The van der Waals surface area contributed by atoms with Crippen LogP contribution >= 0.6 is 0 Å². The number of cyclic esters (lactones) is 1. The van der Waals surface area contributed by atoms with E-state index in [0.29, 0.717) is 5.57 Å². The van der Waals surface area contributed by atoms with Gasteiger partial charge in [0.05, 0.1) is 62.7 Å². The molecule has 4 heterocycles. The highest BCUT2D eigenvalue weighted by Crippen LogP contribution is 2.50. The minimum absolute atomic E-state index is 0.0721. The lowest BCUT2D eigenvalue weighted by atomic mass is 9.70. The maximum atomic E-state index is 13.4. The van der Waals surface area contributed by atoms with E-state index in [-0.39, 0.29) is 50.5 Å². The van der Waals surface area contributed by atoms with Crippen molar-refractivity contribution >= 4 is 29.8 Å². The minimum Gasteiger partial charge on any atom is -0.466 e. The lowest BCUT2D eigenvalue weighted by molar-refractivity contribution is -0.348. The van der Waals surface area contributed by atoms with Gasteiger partial charge in [-0.15, -0.1) is 0 Å². The second kappa shape index (κ2) is 22.3. The number of carbonyl (C=O) groups is 5. The van der Waals surface area contributed by atoms with E-state index >= 15 is 0 Å². The number of unbranched alkanes of at least 4 members (excludes halogenated alkanes) is 1. The van der Waals surface area contributed by atoms with Crippen LogP contribution in [0.4, 0.5) is 0 Å². The first-order valence-electron chi connectivity index (χ1n) is 21.9. The Bertz CT molecular complexity index is 1830. The molecule has 17 heteroatoms. The third-order valence-electron chi connectivity index (χ3n) is 12.4. The van der Waals surface area contributed by atoms with Crippen molar-refractivity contribution in [3.63, 3.8) is 0 Å². The number of aliphatic hydroxyl groups excluding tert-OH is 2. The van der Waals surface area contributed by atoms with Gasteiger partial charge in [-0.05, 0) is 38.2 Å². The standard InChI is InChI=1S/C47H68O17/c1-10-11-12-13-14-15-39(51)62-43-31(22-41(53)58-9)21-34-25-37(28(2)48)61-42(54)24-32(50)23-35-26-38(59-29(3)49)45(6,7)46(55,63-35)27-36-19-30(20-40(52)57-8)18-33(60-36)16-17-44(4,5)47(43,56)64-34/h12-17,20,22,28,32-38,43,48,50,55-56H,10-11,18-19,21,23-27H2,1-9H3/b13-12+,15-14+,17-16+,30-20+,31-22+/t28-,32-,33?,34+,35-,36+,37-,38+,43+,46+,47-/m1/s1. The van der Waals surface area contributed by atoms with E-state index in [1.54, 1.807) is 45.9 Å². The summed E-state index contributed by atoms with van der Waals surface area (Å²) in [5.41, 5.74) is -2.06. The predicted octanol–water partition coefficient (Wildman–Crippen LogP) is 4.28. The first-order valence-corrected chi connectivity index (χ1v) is 21.9. The molecule has 4 aliphatic rings. The fourth-order valence-corrected chi connectivity index (χ4v) is 8.57. The summed E-state index contributed by atoms with van der Waals surface area (Å²) in [6.45, 7) is 11.2. The molecule has 17 nitrogen and oxygen atoms in total. The van der Waals surface area contributed by atoms with Gasteiger partial charge in [0.2, 0.25) is 5.79 Å². The smallest absolute Gasteiger partial charge is 0.331 e. The van der Waals surface area contributed by atoms with Crippen molar-refractivity contribution in [3.8, 4) is 0 Å². The highest BCUT2D eigenvalue weighted by atomic mass is 16.7. The van der Waals surface area contributed by atoms with Crippen LogP contribution in [0.3, 0.4) is 0 Å². The molecule has 0 amide bonds. The van der Waals surface area contributed by atoms with Crippen molar-refractivity contribution in [3.05, 3.63) is 59.8 Å². The largest absolute Gasteiger partial charge is 0.466 e. The monoisotopic (exact) mass is 904 g/mol. The summed E-state index contributed by atoms with van der Waals surface area (Å²) in [7, 11) is 2.40. The Balaban J connectivity index is 1.89. The zero-order chi connectivity index (χ0) is 47.6. The fraction of sp³-hybridized carbons (Fsp3) is 0.681. The number of aliphatic hydroxyl groups is 4. The van der Waals surface area contributed by atoms with Crippen LogP contribution in [0, 0.1) is 10.8 Å². The van der Waals surface area contributed by atoms with Gasteiger partial charge in [-0.25, -0.2) is 14.4 Å². The van der Waals surface area contributed by atoms with Crippen LogP contribution in [0.2, 0.25) is 0 Å². The number of fused-ring (bicyclic) bond motifs is 6. The second-order valence-electron chi connectivity index (χ2n) is 18.3. The molecule has 358 valence electrons. The van der Waals surface area contributed by atoms with Crippen LogP contribution in [-0.4, -0.2) is 131 Å². The molecule has 1 unspecified atom stereocenters. The lowest BCUT2D eigenvalue weighted by Crippen LogP contribution is -2.62. The summed E-state index contributed by atoms with van der Waals surface area (Å²) in [6, 6.07) is 0. The third-order valence-corrected chi connectivity index (χ3v) is 12.4. The number of hydrogen-bond donors (Lipinski definition) is 4. The first-order chi connectivity index (χ1) is 29.9. The van der Waals surface area contributed by atoms with Gasteiger partial charge in [-0.1, -0.05) is 77.0 Å². The number of rotatable bonds is 9. The average molecular weight is 905 g/mol. The first kappa shape index (κ1) is 52.4. The quantitative estimate of drug-likeness (QED) is 0.0830.